The highest BCUT2D eigenvalue weighted by Crippen LogP contribution is 2.19. The average Bonchev–Trinajstić information content (AvgIpc) is 2.64. The summed E-state index contributed by atoms with van der Waals surface area (Å²) in [6.45, 7) is 4.15. The van der Waals surface area contributed by atoms with Crippen LogP contribution in [0.4, 0.5) is 0 Å². The van der Waals surface area contributed by atoms with Crippen LogP contribution in [0.2, 0.25) is 0 Å². The van der Waals surface area contributed by atoms with Crippen molar-refractivity contribution in [2.24, 2.45) is 0 Å². The second-order valence-electron chi connectivity index (χ2n) is 4.37. The lowest BCUT2D eigenvalue weighted by Crippen LogP contribution is -2.53. The lowest BCUT2D eigenvalue weighted by atomic mass is 10.0. The number of hydrogen-bond acceptors (Lipinski definition) is 4. The molecule has 0 fully saturated rings. The van der Waals surface area contributed by atoms with Gasteiger partial charge in [0.2, 0.25) is 0 Å². The van der Waals surface area contributed by atoms with E-state index in [1.807, 2.05) is 13.0 Å². The molecule has 0 saturated heterocycles. The van der Waals surface area contributed by atoms with Crippen molar-refractivity contribution < 1.29 is 19.1 Å². The molecular formula is C12H19NO4. The number of aryl methyl sites for hydroxylation is 1. The van der Waals surface area contributed by atoms with E-state index in [2.05, 4.69) is 0 Å². The zero-order valence-electron chi connectivity index (χ0n) is 10.7. The van der Waals surface area contributed by atoms with E-state index in [9.17, 15) is 9.90 Å². The summed E-state index contributed by atoms with van der Waals surface area (Å²) in [6, 6.07) is 1.85. The molecule has 5 heteroatoms. The van der Waals surface area contributed by atoms with E-state index >= 15 is 0 Å². The highest BCUT2D eigenvalue weighted by Gasteiger charge is 2.37. The molecule has 5 nitrogen and oxygen atoms in total. The minimum atomic E-state index is -1.04. The van der Waals surface area contributed by atoms with Crippen LogP contribution in [0.1, 0.15) is 18.2 Å². The summed E-state index contributed by atoms with van der Waals surface area (Å²) < 4.78 is 10.2. The summed E-state index contributed by atoms with van der Waals surface area (Å²) in [7, 11) is 3.26. The van der Waals surface area contributed by atoms with Gasteiger partial charge in [-0.3, -0.25) is 9.69 Å². The summed E-state index contributed by atoms with van der Waals surface area (Å²) in [5, 5.41) is 9.29. The number of aliphatic carboxylic acids is 1. The Kier molecular flexibility index (Phi) is 4.31. The Hall–Kier alpha value is -1.33. The third-order valence-corrected chi connectivity index (χ3v) is 3.10. The van der Waals surface area contributed by atoms with Crippen molar-refractivity contribution >= 4 is 5.97 Å². The minimum Gasteiger partial charge on any atom is -0.480 e. The Morgan fingerprint density at radius 1 is 1.65 bits per heavy atom. The van der Waals surface area contributed by atoms with E-state index in [0.717, 1.165) is 11.3 Å². The normalized spacial score (nSPS) is 14.9. The van der Waals surface area contributed by atoms with Crippen molar-refractivity contribution in [3.05, 3.63) is 23.7 Å². The van der Waals surface area contributed by atoms with Crippen LogP contribution in [0.3, 0.4) is 0 Å². The Morgan fingerprint density at radius 2 is 2.29 bits per heavy atom. The molecule has 0 amide bonds. The molecule has 0 aromatic carbocycles. The monoisotopic (exact) mass is 241 g/mol. The minimum absolute atomic E-state index is 0.135. The molecule has 17 heavy (non-hydrogen) atoms. The standard InChI is InChI=1S/C12H19NO4/c1-9-10(5-6-17-9)7-13(3)12(2,8-16-4)11(14)15/h5-6H,7-8H2,1-4H3,(H,14,15). The van der Waals surface area contributed by atoms with E-state index in [1.54, 1.807) is 25.1 Å². The average molecular weight is 241 g/mol. The fourth-order valence-corrected chi connectivity index (χ4v) is 1.62. The number of carbonyl (C=O) groups is 1. The maximum Gasteiger partial charge on any atom is 0.326 e. The Bertz CT molecular complexity index is 388. The van der Waals surface area contributed by atoms with Crippen molar-refractivity contribution in [2.45, 2.75) is 25.9 Å². The fraction of sp³-hybridized carbons (Fsp3) is 0.583. The van der Waals surface area contributed by atoms with E-state index in [1.165, 1.54) is 7.11 Å². The van der Waals surface area contributed by atoms with Crippen LogP contribution >= 0.6 is 0 Å². The number of carboxylic acid groups (broad SMARTS) is 1. The molecule has 1 rings (SSSR count). The molecule has 0 saturated carbocycles. The number of carboxylic acids is 1. The molecule has 96 valence electrons. The van der Waals surface area contributed by atoms with Crippen LogP contribution in [0.5, 0.6) is 0 Å². The number of furan rings is 1. The molecule has 1 aromatic heterocycles. The van der Waals surface area contributed by atoms with Gasteiger partial charge in [0.25, 0.3) is 0 Å². The van der Waals surface area contributed by atoms with Crippen molar-refractivity contribution in [2.75, 3.05) is 20.8 Å². The molecule has 1 aromatic rings. The summed E-state index contributed by atoms with van der Waals surface area (Å²) in [5.41, 5.74) is -0.0607. The number of methoxy groups -OCH3 is 1. The fourth-order valence-electron chi connectivity index (χ4n) is 1.62. The van der Waals surface area contributed by atoms with Crippen molar-refractivity contribution in [1.29, 1.82) is 0 Å². The van der Waals surface area contributed by atoms with E-state index in [4.69, 9.17) is 9.15 Å². The van der Waals surface area contributed by atoms with Crippen LogP contribution in [-0.2, 0) is 16.1 Å². The molecule has 1 N–H and O–H groups in total. The zero-order valence-corrected chi connectivity index (χ0v) is 10.7. The third kappa shape index (κ3) is 2.87. The molecule has 0 spiro atoms. The first-order valence-electron chi connectivity index (χ1n) is 5.38. The zero-order chi connectivity index (χ0) is 13.1. The topological polar surface area (TPSA) is 62.9 Å². The van der Waals surface area contributed by atoms with Gasteiger partial charge in [0.05, 0.1) is 12.9 Å². The molecule has 0 radical (unpaired) electrons. The van der Waals surface area contributed by atoms with Gasteiger partial charge in [-0.2, -0.15) is 0 Å². The maximum absolute atomic E-state index is 11.3. The summed E-state index contributed by atoms with van der Waals surface area (Å²) in [5.74, 6) is -0.0926. The smallest absolute Gasteiger partial charge is 0.326 e. The molecular weight excluding hydrogens is 222 g/mol. The largest absolute Gasteiger partial charge is 0.480 e. The molecule has 0 aliphatic rings. The molecule has 0 bridgehead atoms. The predicted octanol–water partition coefficient (Wildman–Crippen LogP) is 1.51. The summed E-state index contributed by atoms with van der Waals surface area (Å²) in [4.78, 5) is 13.1. The van der Waals surface area contributed by atoms with Gasteiger partial charge in [-0.1, -0.05) is 0 Å². The van der Waals surface area contributed by atoms with Crippen LogP contribution < -0.4 is 0 Å². The van der Waals surface area contributed by atoms with Gasteiger partial charge in [-0.25, -0.2) is 0 Å². The Balaban J connectivity index is 2.83. The van der Waals surface area contributed by atoms with Gasteiger partial charge in [-0.15, -0.1) is 0 Å². The lowest BCUT2D eigenvalue weighted by Gasteiger charge is -2.34. The second kappa shape index (κ2) is 5.33. The summed E-state index contributed by atoms with van der Waals surface area (Å²) in [6.07, 6.45) is 1.60. The Morgan fingerprint density at radius 3 is 2.71 bits per heavy atom. The van der Waals surface area contributed by atoms with Crippen LogP contribution in [0.25, 0.3) is 0 Å². The Labute approximate surface area is 101 Å². The second-order valence-corrected chi connectivity index (χ2v) is 4.37. The van der Waals surface area contributed by atoms with Gasteiger partial charge >= 0.3 is 5.97 Å². The van der Waals surface area contributed by atoms with Gasteiger partial charge in [0, 0.05) is 19.2 Å². The number of hydrogen-bond donors (Lipinski definition) is 1. The van der Waals surface area contributed by atoms with Gasteiger partial charge < -0.3 is 14.3 Å². The van der Waals surface area contributed by atoms with Crippen LogP contribution in [0, 0.1) is 6.92 Å². The SMILES string of the molecule is COCC(C)(C(=O)O)N(C)Cc1ccoc1C. The molecule has 1 atom stereocenters. The van der Waals surface area contributed by atoms with Gasteiger partial charge in [-0.05, 0) is 27.0 Å². The quantitative estimate of drug-likeness (QED) is 0.818. The number of likely N-dealkylation sites (N-methyl/N-ethyl adjacent to an activating group) is 1. The molecule has 0 aliphatic heterocycles. The van der Waals surface area contributed by atoms with Crippen molar-refractivity contribution in [3.8, 4) is 0 Å². The molecule has 1 heterocycles. The van der Waals surface area contributed by atoms with Crippen molar-refractivity contribution in [3.63, 3.8) is 0 Å². The van der Waals surface area contributed by atoms with Crippen LogP contribution in [-0.4, -0.2) is 42.3 Å². The maximum atomic E-state index is 11.3. The first kappa shape index (κ1) is 13.7. The summed E-state index contributed by atoms with van der Waals surface area (Å²) >= 11 is 0. The molecule has 0 aliphatic carbocycles. The predicted molar refractivity (Wildman–Crippen MR) is 62.8 cm³/mol. The van der Waals surface area contributed by atoms with Crippen molar-refractivity contribution in [1.82, 2.24) is 4.90 Å². The highest BCUT2D eigenvalue weighted by atomic mass is 16.5. The third-order valence-electron chi connectivity index (χ3n) is 3.10. The molecule has 1 unspecified atom stereocenters. The number of ether oxygens (including phenoxy) is 1. The van der Waals surface area contributed by atoms with Crippen LogP contribution in [0.15, 0.2) is 16.7 Å². The van der Waals surface area contributed by atoms with Gasteiger partial charge in [0.15, 0.2) is 0 Å². The van der Waals surface area contributed by atoms with E-state index in [-0.39, 0.29) is 6.61 Å². The first-order chi connectivity index (χ1) is 7.91. The highest BCUT2D eigenvalue weighted by molar-refractivity contribution is 5.78. The first-order valence-corrected chi connectivity index (χ1v) is 5.38. The van der Waals surface area contributed by atoms with E-state index < -0.39 is 11.5 Å². The lowest BCUT2D eigenvalue weighted by molar-refractivity contribution is -0.153. The van der Waals surface area contributed by atoms with Gasteiger partial charge in [0.1, 0.15) is 11.3 Å². The number of nitrogens with zero attached hydrogens (tertiary/aromatic N) is 1. The van der Waals surface area contributed by atoms with E-state index in [0.29, 0.717) is 6.54 Å². The number of rotatable bonds is 6.